The number of carbonyl (C=O) groups excluding carboxylic acids is 1. The molecular formula is C15H30N4O2. The van der Waals surface area contributed by atoms with Crippen molar-refractivity contribution >= 4 is 11.9 Å². The van der Waals surface area contributed by atoms with E-state index in [0.717, 1.165) is 63.9 Å². The highest BCUT2D eigenvalue weighted by atomic mass is 16.5. The van der Waals surface area contributed by atoms with Crippen LogP contribution in [0.5, 0.6) is 0 Å². The Hall–Kier alpha value is -1.30. The number of aliphatic imine (C=N–C) groups is 1. The van der Waals surface area contributed by atoms with Gasteiger partial charge in [-0.05, 0) is 31.6 Å². The lowest BCUT2D eigenvalue weighted by atomic mass is 9.96. The number of nitrogens with one attached hydrogen (secondary N) is 2. The third-order valence-corrected chi connectivity index (χ3v) is 3.77. The molecule has 1 saturated heterocycles. The number of rotatable bonds is 7. The van der Waals surface area contributed by atoms with Gasteiger partial charge in [0, 0.05) is 40.4 Å². The molecule has 1 fully saturated rings. The molecule has 2 N–H and O–H groups in total. The van der Waals surface area contributed by atoms with Crippen molar-refractivity contribution in [2.75, 3.05) is 46.9 Å². The average molecular weight is 298 g/mol. The van der Waals surface area contributed by atoms with Gasteiger partial charge in [0.2, 0.25) is 5.91 Å². The summed E-state index contributed by atoms with van der Waals surface area (Å²) in [5, 5.41) is 5.95. The second-order valence-corrected chi connectivity index (χ2v) is 5.52. The second kappa shape index (κ2) is 10.4. The predicted octanol–water partition coefficient (Wildman–Crippen LogP) is 0.837. The Morgan fingerprint density at radius 1 is 1.33 bits per heavy atom. The summed E-state index contributed by atoms with van der Waals surface area (Å²) < 4.78 is 5.38. The van der Waals surface area contributed by atoms with Crippen LogP contribution in [-0.4, -0.2) is 63.7 Å². The molecule has 21 heavy (non-hydrogen) atoms. The van der Waals surface area contributed by atoms with Crippen LogP contribution in [0.15, 0.2) is 4.99 Å². The van der Waals surface area contributed by atoms with E-state index in [1.54, 1.807) is 7.05 Å². The summed E-state index contributed by atoms with van der Waals surface area (Å²) in [5.74, 6) is 1.52. The van der Waals surface area contributed by atoms with Gasteiger partial charge in [0.15, 0.2) is 5.96 Å². The van der Waals surface area contributed by atoms with E-state index in [1.165, 1.54) is 0 Å². The molecule has 1 amide bonds. The molecule has 0 saturated carbocycles. The van der Waals surface area contributed by atoms with E-state index in [-0.39, 0.29) is 12.5 Å². The largest absolute Gasteiger partial charge is 0.381 e. The fourth-order valence-corrected chi connectivity index (χ4v) is 2.39. The first-order valence-electron chi connectivity index (χ1n) is 7.93. The molecule has 0 bridgehead atoms. The predicted molar refractivity (Wildman–Crippen MR) is 85.5 cm³/mol. The minimum absolute atomic E-state index is 0.0100. The topological polar surface area (TPSA) is 66.0 Å². The molecule has 1 rings (SSSR count). The third-order valence-electron chi connectivity index (χ3n) is 3.77. The minimum Gasteiger partial charge on any atom is -0.381 e. The van der Waals surface area contributed by atoms with Crippen LogP contribution in [0.2, 0.25) is 0 Å². The van der Waals surface area contributed by atoms with Gasteiger partial charge in [-0.2, -0.15) is 0 Å². The van der Waals surface area contributed by atoms with E-state index >= 15 is 0 Å². The smallest absolute Gasteiger partial charge is 0.239 e. The van der Waals surface area contributed by atoms with Gasteiger partial charge < -0.3 is 20.3 Å². The normalized spacial score (nSPS) is 16.6. The quantitative estimate of drug-likeness (QED) is 0.540. The van der Waals surface area contributed by atoms with Gasteiger partial charge in [-0.25, -0.2) is 0 Å². The molecule has 6 heteroatoms. The van der Waals surface area contributed by atoms with Crippen molar-refractivity contribution in [3.05, 3.63) is 0 Å². The highest BCUT2D eigenvalue weighted by molar-refractivity contribution is 5.86. The number of ether oxygens (including phenoxy) is 1. The summed E-state index contributed by atoms with van der Waals surface area (Å²) in [6.45, 7) is 5.75. The molecule has 1 aliphatic heterocycles. The van der Waals surface area contributed by atoms with Crippen molar-refractivity contribution < 1.29 is 9.53 Å². The van der Waals surface area contributed by atoms with Crippen LogP contribution in [0.1, 0.15) is 32.6 Å². The summed E-state index contributed by atoms with van der Waals surface area (Å²) in [6, 6.07) is 0. The van der Waals surface area contributed by atoms with Gasteiger partial charge in [-0.3, -0.25) is 9.79 Å². The monoisotopic (exact) mass is 298 g/mol. The Morgan fingerprint density at radius 3 is 2.67 bits per heavy atom. The first-order chi connectivity index (χ1) is 10.2. The molecule has 0 radical (unpaired) electrons. The number of amides is 1. The standard InChI is InChI=1S/C15H30N4O2/c1-4-8-17-14(20)12-18-15(16-2)19(3)9-5-13-6-10-21-11-7-13/h13H,4-12H2,1-3H3,(H,16,18)(H,17,20). The molecule has 0 aromatic rings. The van der Waals surface area contributed by atoms with Gasteiger partial charge in [-0.15, -0.1) is 0 Å². The van der Waals surface area contributed by atoms with Gasteiger partial charge >= 0.3 is 0 Å². The lowest BCUT2D eigenvalue weighted by Crippen LogP contribution is -2.44. The maximum absolute atomic E-state index is 11.6. The zero-order chi connectivity index (χ0) is 15.5. The molecule has 1 heterocycles. The molecule has 6 nitrogen and oxygen atoms in total. The molecular weight excluding hydrogens is 268 g/mol. The maximum Gasteiger partial charge on any atom is 0.239 e. The lowest BCUT2D eigenvalue weighted by molar-refractivity contribution is -0.120. The third kappa shape index (κ3) is 7.32. The zero-order valence-electron chi connectivity index (χ0n) is 13.7. The van der Waals surface area contributed by atoms with Crippen molar-refractivity contribution in [1.82, 2.24) is 15.5 Å². The number of guanidine groups is 1. The van der Waals surface area contributed by atoms with Crippen LogP contribution in [-0.2, 0) is 9.53 Å². The average Bonchev–Trinajstić information content (AvgIpc) is 2.52. The van der Waals surface area contributed by atoms with E-state index in [4.69, 9.17) is 4.74 Å². The first kappa shape index (κ1) is 17.8. The molecule has 122 valence electrons. The fraction of sp³-hybridized carbons (Fsp3) is 0.867. The Labute approximate surface area is 128 Å². The summed E-state index contributed by atoms with van der Waals surface area (Å²) in [4.78, 5) is 17.9. The number of hydrogen-bond acceptors (Lipinski definition) is 3. The Morgan fingerprint density at radius 2 is 2.05 bits per heavy atom. The second-order valence-electron chi connectivity index (χ2n) is 5.52. The van der Waals surface area contributed by atoms with Crippen LogP contribution in [0.25, 0.3) is 0 Å². The number of carbonyl (C=O) groups is 1. The summed E-state index contributed by atoms with van der Waals surface area (Å²) >= 11 is 0. The van der Waals surface area contributed by atoms with Gasteiger partial charge in [0.25, 0.3) is 0 Å². The molecule has 0 unspecified atom stereocenters. The molecule has 0 atom stereocenters. The van der Waals surface area contributed by atoms with Crippen LogP contribution in [0.3, 0.4) is 0 Å². The summed E-state index contributed by atoms with van der Waals surface area (Å²) in [5.41, 5.74) is 0. The van der Waals surface area contributed by atoms with E-state index in [1.807, 2.05) is 14.0 Å². The van der Waals surface area contributed by atoms with Crippen LogP contribution in [0, 0.1) is 5.92 Å². The Bertz CT molecular complexity index is 328. The van der Waals surface area contributed by atoms with E-state index in [0.29, 0.717) is 0 Å². The highest BCUT2D eigenvalue weighted by Gasteiger charge is 2.15. The van der Waals surface area contributed by atoms with Crippen molar-refractivity contribution in [3.63, 3.8) is 0 Å². The SMILES string of the molecule is CCCNC(=O)CNC(=NC)N(C)CCC1CCOCC1. The summed E-state index contributed by atoms with van der Waals surface area (Å²) in [6.07, 6.45) is 4.40. The van der Waals surface area contributed by atoms with Crippen LogP contribution < -0.4 is 10.6 Å². The lowest BCUT2D eigenvalue weighted by Gasteiger charge is -2.26. The molecule has 0 aromatic heterocycles. The van der Waals surface area contributed by atoms with E-state index in [2.05, 4.69) is 20.5 Å². The number of hydrogen-bond donors (Lipinski definition) is 2. The van der Waals surface area contributed by atoms with Gasteiger partial charge in [0.05, 0.1) is 6.54 Å². The van der Waals surface area contributed by atoms with Gasteiger partial charge in [-0.1, -0.05) is 6.92 Å². The van der Waals surface area contributed by atoms with E-state index in [9.17, 15) is 4.79 Å². The van der Waals surface area contributed by atoms with Crippen LogP contribution in [0.4, 0.5) is 0 Å². The van der Waals surface area contributed by atoms with Gasteiger partial charge in [0.1, 0.15) is 0 Å². The van der Waals surface area contributed by atoms with E-state index < -0.39 is 0 Å². The van der Waals surface area contributed by atoms with Crippen molar-refractivity contribution in [2.45, 2.75) is 32.6 Å². The first-order valence-corrected chi connectivity index (χ1v) is 7.93. The van der Waals surface area contributed by atoms with Crippen LogP contribution >= 0.6 is 0 Å². The van der Waals surface area contributed by atoms with Crippen molar-refractivity contribution in [2.24, 2.45) is 10.9 Å². The van der Waals surface area contributed by atoms with Crippen molar-refractivity contribution in [3.8, 4) is 0 Å². The summed E-state index contributed by atoms with van der Waals surface area (Å²) in [7, 11) is 3.76. The fourth-order valence-electron chi connectivity index (χ4n) is 2.39. The Kier molecular flexibility index (Phi) is 8.82. The maximum atomic E-state index is 11.6. The molecule has 0 spiro atoms. The number of nitrogens with zero attached hydrogens (tertiary/aromatic N) is 2. The van der Waals surface area contributed by atoms with Crippen molar-refractivity contribution in [1.29, 1.82) is 0 Å². The highest BCUT2D eigenvalue weighted by Crippen LogP contribution is 2.18. The molecule has 0 aromatic carbocycles. The Balaban J connectivity index is 2.25. The molecule has 1 aliphatic rings. The zero-order valence-corrected chi connectivity index (χ0v) is 13.7. The molecule has 0 aliphatic carbocycles. The minimum atomic E-state index is 0.0100.